The minimum atomic E-state index is 0.0842. The van der Waals surface area contributed by atoms with E-state index in [0.29, 0.717) is 11.4 Å². The van der Waals surface area contributed by atoms with Crippen LogP contribution in [0.5, 0.6) is 11.5 Å². The minimum absolute atomic E-state index is 0.0842. The van der Waals surface area contributed by atoms with Crippen LogP contribution in [0.15, 0.2) is 70.9 Å². The van der Waals surface area contributed by atoms with Crippen molar-refractivity contribution in [1.29, 1.82) is 0 Å². The van der Waals surface area contributed by atoms with E-state index in [1.54, 1.807) is 6.07 Å². The predicted molar refractivity (Wildman–Crippen MR) is 105 cm³/mol. The van der Waals surface area contributed by atoms with Crippen LogP contribution in [0, 0.1) is 13.8 Å². The van der Waals surface area contributed by atoms with Crippen molar-refractivity contribution in [2.24, 2.45) is 10.2 Å². The molecule has 0 aliphatic heterocycles. The van der Waals surface area contributed by atoms with Crippen molar-refractivity contribution in [3.63, 3.8) is 0 Å². The van der Waals surface area contributed by atoms with Gasteiger partial charge in [0.25, 0.3) is 0 Å². The molecule has 0 aromatic heterocycles. The highest BCUT2D eigenvalue weighted by Crippen LogP contribution is 2.41. The van der Waals surface area contributed by atoms with Crippen LogP contribution in [0.25, 0.3) is 21.5 Å². The molecule has 0 radical (unpaired) electrons. The number of aryl methyl sites for hydroxylation is 2. The first-order valence-electron chi connectivity index (χ1n) is 8.40. The number of phenolic OH excluding ortho intramolecular Hbond substituents is 2. The van der Waals surface area contributed by atoms with Gasteiger partial charge < -0.3 is 10.2 Å². The first-order chi connectivity index (χ1) is 12.6. The number of hydrogen-bond acceptors (Lipinski definition) is 4. The van der Waals surface area contributed by atoms with Gasteiger partial charge in [0.05, 0.1) is 0 Å². The summed E-state index contributed by atoms with van der Waals surface area (Å²) in [7, 11) is 0. The van der Waals surface area contributed by atoms with Gasteiger partial charge in [0.15, 0.2) is 11.5 Å². The Labute approximate surface area is 151 Å². The lowest BCUT2D eigenvalue weighted by molar-refractivity contribution is 0.480. The fourth-order valence-electron chi connectivity index (χ4n) is 3.30. The number of hydrogen-bond donors (Lipinski definition) is 2. The van der Waals surface area contributed by atoms with Crippen LogP contribution in [0.1, 0.15) is 11.1 Å². The number of nitrogens with zero attached hydrogens (tertiary/aromatic N) is 2. The molecular formula is C22H18N2O2. The highest BCUT2D eigenvalue weighted by molar-refractivity contribution is 5.96. The second kappa shape index (κ2) is 6.15. The molecule has 2 N–H and O–H groups in total. The summed E-state index contributed by atoms with van der Waals surface area (Å²) in [5.74, 6) is 0.197. The summed E-state index contributed by atoms with van der Waals surface area (Å²) in [5.41, 5.74) is 2.58. The Balaban J connectivity index is 1.85. The lowest BCUT2D eigenvalue weighted by Crippen LogP contribution is -1.83. The van der Waals surface area contributed by atoms with E-state index in [1.807, 2.05) is 68.4 Å². The van der Waals surface area contributed by atoms with E-state index in [0.717, 1.165) is 32.7 Å². The molecule has 0 heterocycles. The summed E-state index contributed by atoms with van der Waals surface area (Å²) >= 11 is 0. The molecular weight excluding hydrogens is 324 g/mol. The van der Waals surface area contributed by atoms with Crippen LogP contribution in [0.2, 0.25) is 0 Å². The smallest absolute Gasteiger partial charge is 0.151 e. The van der Waals surface area contributed by atoms with Crippen LogP contribution in [-0.4, -0.2) is 10.2 Å². The summed E-state index contributed by atoms with van der Waals surface area (Å²) in [5, 5.41) is 33.0. The van der Waals surface area contributed by atoms with Crippen molar-refractivity contribution in [3.05, 3.63) is 71.8 Å². The Kier molecular flexibility index (Phi) is 3.81. The van der Waals surface area contributed by atoms with Crippen molar-refractivity contribution in [2.45, 2.75) is 13.8 Å². The molecule has 0 aliphatic rings. The van der Waals surface area contributed by atoms with Crippen molar-refractivity contribution >= 4 is 32.9 Å². The third-order valence-electron chi connectivity index (χ3n) is 4.65. The molecule has 0 spiro atoms. The second-order valence-electron chi connectivity index (χ2n) is 6.42. The van der Waals surface area contributed by atoms with E-state index in [-0.39, 0.29) is 11.5 Å². The summed E-state index contributed by atoms with van der Waals surface area (Å²) in [6.07, 6.45) is 0. The molecule has 4 nitrogen and oxygen atoms in total. The highest BCUT2D eigenvalue weighted by atomic mass is 16.3. The Morgan fingerprint density at radius 2 is 1.46 bits per heavy atom. The van der Waals surface area contributed by atoms with Gasteiger partial charge in [0, 0.05) is 10.8 Å². The number of azo groups is 1. The molecule has 4 rings (SSSR count). The summed E-state index contributed by atoms with van der Waals surface area (Å²) in [4.78, 5) is 0. The molecule has 0 aliphatic carbocycles. The molecule has 0 saturated carbocycles. The van der Waals surface area contributed by atoms with E-state index < -0.39 is 0 Å². The first kappa shape index (κ1) is 16.1. The van der Waals surface area contributed by atoms with Gasteiger partial charge in [-0.05, 0) is 47.9 Å². The number of aromatic hydroxyl groups is 2. The molecule has 0 fully saturated rings. The van der Waals surface area contributed by atoms with Gasteiger partial charge in [-0.25, -0.2) is 0 Å². The zero-order valence-electron chi connectivity index (χ0n) is 14.6. The van der Waals surface area contributed by atoms with Gasteiger partial charge in [0.1, 0.15) is 11.4 Å². The molecule has 128 valence electrons. The van der Waals surface area contributed by atoms with Gasteiger partial charge in [-0.15, -0.1) is 10.2 Å². The Bertz CT molecular complexity index is 1180. The normalized spacial score (nSPS) is 11.6. The summed E-state index contributed by atoms with van der Waals surface area (Å²) in [6, 6.07) is 19.0. The topological polar surface area (TPSA) is 65.2 Å². The standard InChI is InChI=1S/C22H18N2O2/c1-13-6-5-8-16-12-14(2)20(22(26)19(13)16)24-23-18-11-10-15-7-3-4-9-17(15)21(18)25/h3-12,25-26H,1-2H3. The zero-order chi connectivity index (χ0) is 18.3. The lowest BCUT2D eigenvalue weighted by Gasteiger charge is -2.10. The average Bonchev–Trinajstić information content (AvgIpc) is 2.63. The van der Waals surface area contributed by atoms with Gasteiger partial charge in [0.2, 0.25) is 0 Å². The van der Waals surface area contributed by atoms with Crippen molar-refractivity contribution < 1.29 is 10.2 Å². The van der Waals surface area contributed by atoms with Crippen molar-refractivity contribution in [3.8, 4) is 11.5 Å². The maximum absolute atomic E-state index is 10.7. The Hall–Kier alpha value is -3.40. The van der Waals surface area contributed by atoms with Crippen LogP contribution < -0.4 is 0 Å². The fraction of sp³-hybridized carbons (Fsp3) is 0.0909. The second-order valence-corrected chi connectivity index (χ2v) is 6.42. The van der Waals surface area contributed by atoms with Gasteiger partial charge in [-0.2, -0.15) is 0 Å². The third-order valence-corrected chi connectivity index (χ3v) is 4.65. The van der Waals surface area contributed by atoms with E-state index in [9.17, 15) is 10.2 Å². The number of fused-ring (bicyclic) bond motifs is 2. The quantitative estimate of drug-likeness (QED) is 0.412. The first-order valence-corrected chi connectivity index (χ1v) is 8.40. The predicted octanol–water partition coefficient (Wildman–Crippen LogP) is 6.44. The van der Waals surface area contributed by atoms with Crippen LogP contribution in [0.4, 0.5) is 11.4 Å². The van der Waals surface area contributed by atoms with E-state index in [4.69, 9.17) is 0 Å². The molecule has 4 aromatic rings. The molecule has 0 bridgehead atoms. The van der Waals surface area contributed by atoms with Crippen molar-refractivity contribution in [1.82, 2.24) is 0 Å². The van der Waals surface area contributed by atoms with Crippen LogP contribution in [0.3, 0.4) is 0 Å². The lowest BCUT2D eigenvalue weighted by atomic mass is 10.0. The van der Waals surface area contributed by atoms with Crippen LogP contribution >= 0.6 is 0 Å². The molecule has 0 atom stereocenters. The number of phenols is 2. The maximum atomic E-state index is 10.7. The van der Waals surface area contributed by atoms with Gasteiger partial charge in [-0.3, -0.25) is 0 Å². The SMILES string of the molecule is Cc1cc2cccc(C)c2c(O)c1N=Nc1ccc2ccccc2c1O. The van der Waals surface area contributed by atoms with Gasteiger partial charge in [-0.1, -0.05) is 48.5 Å². The maximum Gasteiger partial charge on any atom is 0.151 e. The molecule has 0 amide bonds. The molecule has 4 aromatic carbocycles. The van der Waals surface area contributed by atoms with E-state index in [2.05, 4.69) is 10.2 Å². The monoisotopic (exact) mass is 342 g/mol. The number of benzene rings is 4. The van der Waals surface area contributed by atoms with Crippen molar-refractivity contribution in [2.75, 3.05) is 0 Å². The minimum Gasteiger partial charge on any atom is -0.505 e. The fourth-order valence-corrected chi connectivity index (χ4v) is 3.30. The largest absolute Gasteiger partial charge is 0.505 e. The van der Waals surface area contributed by atoms with E-state index >= 15 is 0 Å². The average molecular weight is 342 g/mol. The molecule has 26 heavy (non-hydrogen) atoms. The third kappa shape index (κ3) is 2.56. The van der Waals surface area contributed by atoms with Crippen LogP contribution in [-0.2, 0) is 0 Å². The number of rotatable bonds is 2. The Morgan fingerprint density at radius 3 is 2.31 bits per heavy atom. The Morgan fingerprint density at radius 1 is 0.692 bits per heavy atom. The summed E-state index contributed by atoms with van der Waals surface area (Å²) < 4.78 is 0. The molecule has 0 unspecified atom stereocenters. The highest BCUT2D eigenvalue weighted by Gasteiger charge is 2.12. The van der Waals surface area contributed by atoms with E-state index in [1.165, 1.54) is 0 Å². The van der Waals surface area contributed by atoms with Gasteiger partial charge >= 0.3 is 0 Å². The zero-order valence-corrected chi connectivity index (χ0v) is 14.6. The molecule has 0 saturated heterocycles. The molecule has 4 heteroatoms. The summed E-state index contributed by atoms with van der Waals surface area (Å²) in [6.45, 7) is 3.84.